The summed E-state index contributed by atoms with van der Waals surface area (Å²) >= 11 is 5.65. The molecule has 0 bridgehead atoms. The monoisotopic (exact) mass is 370 g/mol. The van der Waals surface area contributed by atoms with E-state index >= 15 is 0 Å². The summed E-state index contributed by atoms with van der Waals surface area (Å²) < 4.78 is 0. The highest BCUT2D eigenvalue weighted by atomic mass is 35.5. The van der Waals surface area contributed by atoms with Crippen molar-refractivity contribution in [3.63, 3.8) is 0 Å². The predicted octanol–water partition coefficient (Wildman–Crippen LogP) is 4.14. The molecule has 1 aliphatic carbocycles. The van der Waals surface area contributed by atoms with Gasteiger partial charge in [-0.2, -0.15) is 0 Å². The smallest absolute Gasteiger partial charge is 0.158 e. The van der Waals surface area contributed by atoms with Gasteiger partial charge in [-0.15, -0.1) is 11.6 Å². The summed E-state index contributed by atoms with van der Waals surface area (Å²) in [6.07, 6.45) is 2.41. The van der Waals surface area contributed by atoms with Crippen LogP contribution in [0.3, 0.4) is 0 Å². The van der Waals surface area contributed by atoms with Gasteiger partial charge in [0.25, 0.3) is 0 Å². The van der Waals surface area contributed by atoms with E-state index < -0.39 is 6.10 Å². The summed E-state index contributed by atoms with van der Waals surface area (Å²) in [5.41, 5.74) is 3.83. The largest absolute Gasteiger partial charge is 0.390 e. The highest BCUT2D eigenvalue weighted by Crippen LogP contribution is 2.33. The van der Waals surface area contributed by atoms with Gasteiger partial charge in [-0.25, -0.2) is 0 Å². The first-order chi connectivity index (χ1) is 12.7. The first-order valence-electron chi connectivity index (χ1n) is 8.78. The lowest BCUT2D eigenvalue weighted by atomic mass is 9.85. The van der Waals surface area contributed by atoms with E-state index in [0.29, 0.717) is 13.0 Å². The molecule has 2 aromatic rings. The quantitative estimate of drug-likeness (QED) is 0.641. The third kappa shape index (κ3) is 4.87. The zero-order chi connectivity index (χ0) is 18.4. The van der Waals surface area contributed by atoms with Crippen LogP contribution in [0.5, 0.6) is 0 Å². The summed E-state index contributed by atoms with van der Waals surface area (Å²) in [6.45, 7) is 0.368. The highest BCUT2D eigenvalue weighted by Gasteiger charge is 2.22. The molecule has 0 spiro atoms. The van der Waals surface area contributed by atoms with Crippen molar-refractivity contribution >= 4 is 28.8 Å². The fourth-order valence-corrected chi connectivity index (χ4v) is 3.25. The maximum atomic E-state index is 12.2. The molecule has 2 aromatic carbocycles. The number of anilines is 2. The summed E-state index contributed by atoms with van der Waals surface area (Å²) in [5, 5.41) is 16.2. The number of alkyl halides is 1. The van der Waals surface area contributed by atoms with Crippen LogP contribution in [0.25, 0.3) is 0 Å². The number of halogens is 1. The minimum Gasteiger partial charge on any atom is -0.390 e. The maximum Gasteiger partial charge on any atom is 0.158 e. The fraction of sp³-hybridized carbons (Fsp3) is 0.286. The first kappa shape index (κ1) is 18.5. The number of hydrogen-bond donors (Lipinski definition) is 3. The van der Waals surface area contributed by atoms with Crippen molar-refractivity contribution in [3.05, 3.63) is 71.9 Å². The van der Waals surface area contributed by atoms with Crippen LogP contribution in [-0.4, -0.2) is 29.4 Å². The van der Waals surface area contributed by atoms with Crippen LogP contribution in [0.15, 0.2) is 66.4 Å². The minimum absolute atomic E-state index is 0.135. The van der Waals surface area contributed by atoms with Crippen LogP contribution < -0.4 is 10.6 Å². The normalized spacial score (nSPS) is 18.2. The zero-order valence-corrected chi connectivity index (χ0v) is 15.2. The Morgan fingerprint density at radius 1 is 1.04 bits per heavy atom. The van der Waals surface area contributed by atoms with Gasteiger partial charge in [0.1, 0.15) is 0 Å². The number of rotatable bonds is 7. The molecule has 0 amide bonds. The lowest BCUT2D eigenvalue weighted by Crippen LogP contribution is -2.21. The van der Waals surface area contributed by atoms with Crippen LogP contribution in [0.2, 0.25) is 0 Å². The molecular formula is C21H23ClN2O2. The van der Waals surface area contributed by atoms with Crippen molar-refractivity contribution in [2.45, 2.75) is 24.9 Å². The molecule has 4 nitrogen and oxygen atoms in total. The number of aliphatic hydroxyl groups excluding tert-OH is 1. The van der Waals surface area contributed by atoms with Crippen molar-refractivity contribution in [1.29, 1.82) is 0 Å². The molecule has 3 rings (SSSR count). The Balaban J connectivity index is 1.73. The lowest BCUT2D eigenvalue weighted by molar-refractivity contribution is -0.115. The number of carbonyl (C=O) groups is 1. The van der Waals surface area contributed by atoms with E-state index in [1.165, 1.54) is 5.56 Å². The SMILES string of the molecule is O=C1C=C(Nc2ccccc2NCC(O)CCl)CC(c2ccccc2)C1. The van der Waals surface area contributed by atoms with Gasteiger partial charge < -0.3 is 15.7 Å². The Labute approximate surface area is 158 Å². The Morgan fingerprint density at radius 3 is 2.46 bits per heavy atom. The van der Waals surface area contributed by atoms with Crippen LogP contribution in [0, 0.1) is 0 Å². The van der Waals surface area contributed by atoms with Gasteiger partial charge in [0.15, 0.2) is 5.78 Å². The Kier molecular flexibility index (Phi) is 6.31. The number of allylic oxidation sites excluding steroid dienone is 2. The Bertz CT molecular complexity index is 777. The molecule has 3 N–H and O–H groups in total. The van der Waals surface area contributed by atoms with Gasteiger partial charge in [-0.05, 0) is 30.0 Å². The maximum absolute atomic E-state index is 12.2. The second kappa shape index (κ2) is 8.88. The Hall–Kier alpha value is -2.30. The molecule has 1 aliphatic rings. The number of benzene rings is 2. The van der Waals surface area contributed by atoms with E-state index in [1.54, 1.807) is 6.08 Å². The van der Waals surface area contributed by atoms with E-state index in [1.807, 2.05) is 42.5 Å². The van der Waals surface area contributed by atoms with Gasteiger partial charge in [-0.3, -0.25) is 4.79 Å². The third-order valence-corrected chi connectivity index (χ3v) is 4.80. The molecular weight excluding hydrogens is 348 g/mol. The van der Waals surface area contributed by atoms with Crippen LogP contribution in [0.1, 0.15) is 24.3 Å². The van der Waals surface area contributed by atoms with Gasteiger partial charge in [0, 0.05) is 24.7 Å². The molecule has 0 saturated carbocycles. The average Bonchev–Trinajstić information content (AvgIpc) is 2.67. The van der Waals surface area contributed by atoms with E-state index in [-0.39, 0.29) is 17.6 Å². The first-order valence-corrected chi connectivity index (χ1v) is 9.31. The highest BCUT2D eigenvalue weighted by molar-refractivity contribution is 6.18. The molecule has 0 fully saturated rings. The minimum atomic E-state index is -0.609. The van der Waals surface area contributed by atoms with Crippen molar-refractivity contribution in [2.24, 2.45) is 0 Å². The number of hydrogen-bond acceptors (Lipinski definition) is 4. The van der Waals surface area contributed by atoms with Crippen molar-refractivity contribution < 1.29 is 9.90 Å². The molecule has 0 heterocycles. The van der Waals surface area contributed by atoms with Crippen LogP contribution in [-0.2, 0) is 4.79 Å². The van der Waals surface area contributed by atoms with Crippen molar-refractivity contribution in [1.82, 2.24) is 0 Å². The topological polar surface area (TPSA) is 61.4 Å². The molecule has 5 heteroatoms. The molecule has 2 atom stereocenters. The van der Waals surface area contributed by atoms with Gasteiger partial charge in [-0.1, -0.05) is 42.5 Å². The van der Waals surface area contributed by atoms with Gasteiger partial charge in [0.2, 0.25) is 0 Å². The van der Waals surface area contributed by atoms with E-state index in [4.69, 9.17) is 11.6 Å². The third-order valence-electron chi connectivity index (χ3n) is 4.45. The number of para-hydroxylation sites is 2. The zero-order valence-electron chi connectivity index (χ0n) is 14.5. The summed E-state index contributed by atoms with van der Waals surface area (Å²) in [5.74, 6) is 0.506. The van der Waals surface area contributed by atoms with Gasteiger partial charge in [0.05, 0.1) is 23.4 Å². The number of nitrogens with one attached hydrogen (secondary N) is 2. The van der Waals surface area contributed by atoms with E-state index in [2.05, 4.69) is 22.8 Å². The molecule has 0 radical (unpaired) electrons. The lowest BCUT2D eigenvalue weighted by Gasteiger charge is -2.24. The Morgan fingerprint density at radius 2 is 1.73 bits per heavy atom. The average molecular weight is 371 g/mol. The predicted molar refractivity (Wildman–Crippen MR) is 107 cm³/mol. The number of ketones is 1. The van der Waals surface area contributed by atoms with Crippen LogP contribution in [0.4, 0.5) is 11.4 Å². The summed E-state index contributed by atoms with van der Waals surface area (Å²) in [4.78, 5) is 12.2. The van der Waals surface area contributed by atoms with Crippen LogP contribution >= 0.6 is 11.6 Å². The molecule has 26 heavy (non-hydrogen) atoms. The second-order valence-corrected chi connectivity index (χ2v) is 6.82. The standard InChI is InChI=1S/C21H23ClN2O2/c22-13-19(26)14-23-20-8-4-5-9-21(20)24-17-10-16(11-18(25)12-17)15-6-2-1-3-7-15/h1-9,12,16,19,23-24,26H,10-11,13-14H2. The molecule has 0 aromatic heterocycles. The summed E-state index contributed by atoms with van der Waals surface area (Å²) in [7, 11) is 0. The van der Waals surface area contributed by atoms with Crippen molar-refractivity contribution in [3.8, 4) is 0 Å². The van der Waals surface area contributed by atoms with E-state index in [0.717, 1.165) is 23.5 Å². The van der Waals surface area contributed by atoms with E-state index in [9.17, 15) is 9.90 Å². The fourth-order valence-electron chi connectivity index (χ4n) is 3.14. The molecule has 0 aliphatic heterocycles. The molecule has 0 saturated heterocycles. The number of carbonyl (C=O) groups excluding carboxylic acids is 1. The van der Waals surface area contributed by atoms with Crippen molar-refractivity contribution in [2.75, 3.05) is 23.1 Å². The van der Waals surface area contributed by atoms with Gasteiger partial charge >= 0.3 is 0 Å². The molecule has 136 valence electrons. The second-order valence-electron chi connectivity index (χ2n) is 6.51. The summed E-state index contributed by atoms with van der Waals surface area (Å²) in [6, 6.07) is 17.9. The molecule has 2 unspecified atom stereocenters. The number of aliphatic hydroxyl groups is 1.